The van der Waals surface area contributed by atoms with E-state index in [1.54, 1.807) is 6.92 Å². The van der Waals surface area contributed by atoms with Crippen LogP contribution in [0.5, 0.6) is 0 Å². The monoisotopic (exact) mass is 270 g/mol. The first-order chi connectivity index (χ1) is 8.41. The topological polar surface area (TPSA) is 89.3 Å². The second-order valence-corrected chi connectivity index (χ2v) is 6.04. The molecule has 0 fully saturated rings. The number of aromatic nitrogens is 1. The van der Waals surface area contributed by atoms with Gasteiger partial charge in [0.1, 0.15) is 0 Å². The van der Waals surface area contributed by atoms with E-state index in [2.05, 4.69) is 10.3 Å². The normalized spacial score (nSPS) is 21.1. The molecule has 0 saturated heterocycles. The van der Waals surface area contributed by atoms with Crippen molar-refractivity contribution in [2.45, 2.75) is 26.3 Å². The van der Waals surface area contributed by atoms with E-state index in [9.17, 15) is 13.2 Å². The highest BCUT2D eigenvalue weighted by Gasteiger charge is 2.25. The first kappa shape index (κ1) is 12.8. The molecular weight excluding hydrogens is 256 g/mol. The number of sulfone groups is 1. The SMILES string of the molecule is CCc1nc(C)c(C(=O)NC2C=CS(=O)(=O)C2)o1. The number of nitrogens with one attached hydrogen (secondary N) is 1. The molecule has 1 aliphatic heterocycles. The fraction of sp³-hybridized carbons (Fsp3) is 0.455. The van der Waals surface area contributed by atoms with Gasteiger partial charge in [-0.1, -0.05) is 6.92 Å². The van der Waals surface area contributed by atoms with Crippen LogP contribution in [-0.2, 0) is 16.3 Å². The molecule has 1 atom stereocenters. The Bertz CT molecular complexity index is 601. The molecule has 7 heteroatoms. The molecule has 1 N–H and O–H groups in total. The number of hydrogen-bond acceptors (Lipinski definition) is 5. The van der Waals surface area contributed by atoms with Crippen molar-refractivity contribution in [3.05, 3.63) is 28.8 Å². The van der Waals surface area contributed by atoms with Crippen molar-refractivity contribution >= 4 is 15.7 Å². The first-order valence-corrected chi connectivity index (χ1v) is 7.31. The Labute approximate surface area is 105 Å². The van der Waals surface area contributed by atoms with Gasteiger partial charge in [0.15, 0.2) is 15.7 Å². The number of rotatable bonds is 3. The number of aryl methyl sites for hydroxylation is 2. The number of oxazole rings is 1. The lowest BCUT2D eigenvalue weighted by molar-refractivity contribution is 0.0917. The van der Waals surface area contributed by atoms with Crippen molar-refractivity contribution in [2.24, 2.45) is 0 Å². The highest BCUT2D eigenvalue weighted by Crippen LogP contribution is 2.13. The summed E-state index contributed by atoms with van der Waals surface area (Å²) in [6.45, 7) is 3.55. The average Bonchev–Trinajstić information content (AvgIpc) is 2.81. The molecule has 0 saturated carbocycles. The molecule has 2 rings (SSSR count). The van der Waals surface area contributed by atoms with Gasteiger partial charge in [-0.3, -0.25) is 4.79 Å². The van der Waals surface area contributed by atoms with Gasteiger partial charge in [0.25, 0.3) is 5.91 Å². The zero-order chi connectivity index (χ0) is 13.3. The lowest BCUT2D eigenvalue weighted by Crippen LogP contribution is -2.35. The third kappa shape index (κ3) is 2.61. The van der Waals surface area contributed by atoms with E-state index < -0.39 is 21.8 Å². The summed E-state index contributed by atoms with van der Waals surface area (Å²) >= 11 is 0. The van der Waals surface area contributed by atoms with Crippen LogP contribution >= 0.6 is 0 Å². The summed E-state index contributed by atoms with van der Waals surface area (Å²) in [5, 5.41) is 3.70. The van der Waals surface area contributed by atoms with Crippen LogP contribution in [0, 0.1) is 6.92 Å². The second kappa shape index (κ2) is 4.56. The van der Waals surface area contributed by atoms with Crippen molar-refractivity contribution in [1.82, 2.24) is 10.3 Å². The van der Waals surface area contributed by atoms with Crippen LogP contribution in [-0.4, -0.2) is 31.1 Å². The molecule has 1 aromatic rings. The Hall–Kier alpha value is -1.63. The van der Waals surface area contributed by atoms with Crippen LogP contribution in [0.3, 0.4) is 0 Å². The summed E-state index contributed by atoms with van der Waals surface area (Å²) in [7, 11) is -3.17. The quantitative estimate of drug-likeness (QED) is 0.868. The van der Waals surface area contributed by atoms with Gasteiger partial charge in [0, 0.05) is 11.8 Å². The van der Waals surface area contributed by atoms with Crippen LogP contribution in [0.25, 0.3) is 0 Å². The summed E-state index contributed by atoms with van der Waals surface area (Å²) in [5.41, 5.74) is 0.509. The van der Waals surface area contributed by atoms with E-state index in [1.807, 2.05) is 6.92 Å². The fourth-order valence-corrected chi connectivity index (χ4v) is 2.95. The van der Waals surface area contributed by atoms with Crippen molar-refractivity contribution in [2.75, 3.05) is 5.75 Å². The maximum absolute atomic E-state index is 11.9. The van der Waals surface area contributed by atoms with Crippen LogP contribution in [0.1, 0.15) is 29.1 Å². The molecule has 18 heavy (non-hydrogen) atoms. The van der Waals surface area contributed by atoms with Gasteiger partial charge in [-0.25, -0.2) is 13.4 Å². The molecule has 98 valence electrons. The molecule has 6 nitrogen and oxygen atoms in total. The van der Waals surface area contributed by atoms with Crippen molar-refractivity contribution in [1.29, 1.82) is 0 Å². The van der Waals surface area contributed by atoms with Gasteiger partial charge in [-0.05, 0) is 13.0 Å². The molecule has 2 heterocycles. The van der Waals surface area contributed by atoms with Gasteiger partial charge in [0.05, 0.1) is 17.5 Å². The molecule has 1 amide bonds. The summed E-state index contributed by atoms with van der Waals surface area (Å²) in [4.78, 5) is 16.0. The standard InChI is InChI=1S/C11H14N2O4S/c1-3-9-12-7(2)10(17-9)11(14)13-8-4-5-18(15,16)6-8/h4-5,8H,3,6H2,1-2H3,(H,13,14). The molecule has 1 unspecified atom stereocenters. The third-order valence-corrected chi connectivity index (χ3v) is 3.99. The van der Waals surface area contributed by atoms with Crippen molar-refractivity contribution < 1.29 is 17.6 Å². The van der Waals surface area contributed by atoms with Gasteiger partial charge < -0.3 is 9.73 Å². The number of amides is 1. The number of carbonyl (C=O) groups excluding carboxylic acids is 1. The fourth-order valence-electron chi connectivity index (χ4n) is 1.71. The Morgan fingerprint density at radius 3 is 2.83 bits per heavy atom. The minimum absolute atomic E-state index is 0.105. The molecule has 1 aliphatic rings. The van der Waals surface area contributed by atoms with Gasteiger partial charge in [-0.15, -0.1) is 0 Å². The highest BCUT2D eigenvalue weighted by molar-refractivity contribution is 7.94. The minimum Gasteiger partial charge on any atom is -0.435 e. The second-order valence-electron chi connectivity index (χ2n) is 4.11. The van der Waals surface area contributed by atoms with Crippen LogP contribution in [0.15, 0.2) is 15.9 Å². The smallest absolute Gasteiger partial charge is 0.289 e. The maximum atomic E-state index is 11.9. The van der Waals surface area contributed by atoms with Crippen molar-refractivity contribution in [3.63, 3.8) is 0 Å². The van der Waals surface area contributed by atoms with Crippen LogP contribution < -0.4 is 5.32 Å². The van der Waals surface area contributed by atoms with Gasteiger partial charge in [0.2, 0.25) is 5.76 Å². The Kier molecular flexibility index (Phi) is 3.25. The predicted octanol–water partition coefficient (Wildman–Crippen LogP) is 0.586. The summed E-state index contributed by atoms with van der Waals surface area (Å²) in [6.07, 6.45) is 2.06. The van der Waals surface area contributed by atoms with E-state index in [0.717, 1.165) is 5.41 Å². The Morgan fingerprint density at radius 2 is 2.33 bits per heavy atom. The summed E-state index contributed by atoms with van der Waals surface area (Å²) < 4.78 is 27.7. The Balaban J connectivity index is 2.09. The van der Waals surface area contributed by atoms with Crippen molar-refractivity contribution in [3.8, 4) is 0 Å². The maximum Gasteiger partial charge on any atom is 0.289 e. The largest absolute Gasteiger partial charge is 0.435 e. The number of carbonyl (C=O) groups is 1. The Morgan fingerprint density at radius 1 is 1.61 bits per heavy atom. The number of hydrogen-bond donors (Lipinski definition) is 1. The minimum atomic E-state index is -3.17. The van der Waals surface area contributed by atoms with Gasteiger partial charge >= 0.3 is 0 Å². The van der Waals surface area contributed by atoms with Crippen LogP contribution in [0.4, 0.5) is 0 Å². The zero-order valence-corrected chi connectivity index (χ0v) is 11.0. The average molecular weight is 270 g/mol. The van der Waals surface area contributed by atoms with E-state index in [0.29, 0.717) is 18.0 Å². The van der Waals surface area contributed by atoms with E-state index in [-0.39, 0.29) is 11.5 Å². The van der Waals surface area contributed by atoms with Gasteiger partial charge in [-0.2, -0.15) is 0 Å². The summed E-state index contributed by atoms with van der Waals surface area (Å²) in [5.74, 6) is 0.0928. The lowest BCUT2D eigenvalue weighted by atomic mass is 10.3. The molecule has 0 bridgehead atoms. The molecule has 1 aromatic heterocycles. The zero-order valence-electron chi connectivity index (χ0n) is 10.1. The van der Waals surface area contributed by atoms with E-state index in [1.165, 1.54) is 6.08 Å². The van der Waals surface area contributed by atoms with E-state index >= 15 is 0 Å². The third-order valence-electron chi connectivity index (χ3n) is 2.60. The molecule has 0 aromatic carbocycles. The predicted molar refractivity (Wildman–Crippen MR) is 64.8 cm³/mol. The molecular formula is C11H14N2O4S. The number of nitrogens with zero attached hydrogens (tertiary/aromatic N) is 1. The first-order valence-electron chi connectivity index (χ1n) is 5.59. The highest BCUT2D eigenvalue weighted by atomic mass is 32.2. The molecule has 0 aliphatic carbocycles. The molecule has 0 radical (unpaired) electrons. The summed E-state index contributed by atoms with van der Waals surface area (Å²) in [6, 6.07) is -0.503. The van der Waals surface area contributed by atoms with Crippen LogP contribution in [0.2, 0.25) is 0 Å². The molecule has 0 spiro atoms. The van der Waals surface area contributed by atoms with E-state index in [4.69, 9.17) is 4.42 Å². The lowest BCUT2D eigenvalue weighted by Gasteiger charge is -2.08.